The summed E-state index contributed by atoms with van der Waals surface area (Å²) in [5.41, 5.74) is 0.618. The molecule has 0 unspecified atom stereocenters. The van der Waals surface area contributed by atoms with Gasteiger partial charge in [0.1, 0.15) is 12.2 Å². The van der Waals surface area contributed by atoms with Crippen molar-refractivity contribution in [3.05, 3.63) is 76.9 Å². The third-order valence-corrected chi connectivity index (χ3v) is 4.28. The van der Waals surface area contributed by atoms with Crippen LogP contribution in [0.5, 0.6) is 0 Å². The Bertz CT molecular complexity index is 1190. The third kappa shape index (κ3) is 3.83. The average molecular weight is 375 g/mol. The Morgan fingerprint density at radius 1 is 1.07 bits per heavy atom. The van der Waals surface area contributed by atoms with Gasteiger partial charge in [-0.05, 0) is 22.9 Å². The lowest BCUT2D eigenvalue weighted by molar-refractivity contribution is -0.144. The van der Waals surface area contributed by atoms with Crippen molar-refractivity contribution in [2.45, 2.75) is 13.0 Å². The van der Waals surface area contributed by atoms with Gasteiger partial charge in [-0.25, -0.2) is 14.8 Å². The maximum atomic E-state index is 12.1. The van der Waals surface area contributed by atoms with E-state index in [1.54, 1.807) is 24.5 Å². The quantitative estimate of drug-likeness (QED) is 0.314. The third-order valence-electron chi connectivity index (χ3n) is 4.28. The summed E-state index contributed by atoms with van der Waals surface area (Å²) in [5.74, 6) is 0.0680. The lowest BCUT2D eigenvalue weighted by Crippen LogP contribution is -2.13. The van der Waals surface area contributed by atoms with E-state index in [0.29, 0.717) is 23.6 Å². The number of esters is 1. The highest BCUT2D eigenvalue weighted by molar-refractivity contribution is 6.07. The minimum Gasteiger partial charge on any atom is -0.461 e. The zero-order valence-electron chi connectivity index (χ0n) is 14.9. The van der Waals surface area contributed by atoms with Gasteiger partial charge in [0.15, 0.2) is 0 Å². The number of rotatable bonds is 6. The molecule has 0 saturated heterocycles. The Morgan fingerprint density at radius 2 is 1.89 bits per heavy atom. The average Bonchev–Trinajstić information content (AvgIpc) is 2.72. The van der Waals surface area contributed by atoms with Gasteiger partial charge in [-0.1, -0.05) is 30.3 Å². The number of nitrogens with one attached hydrogen (secondary N) is 1. The molecule has 0 aliphatic carbocycles. The fourth-order valence-electron chi connectivity index (χ4n) is 3.03. The van der Waals surface area contributed by atoms with Crippen LogP contribution in [0, 0.1) is 0 Å². The Hall–Kier alpha value is -3.74. The Morgan fingerprint density at radius 3 is 2.75 bits per heavy atom. The molecule has 0 radical (unpaired) electrons. The molecule has 2 aromatic carbocycles. The smallest absolute Gasteiger partial charge is 0.336 e. The van der Waals surface area contributed by atoms with Crippen molar-refractivity contribution in [2.24, 2.45) is 0 Å². The fourth-order valence-corrected chi connectivity index (χ4v) is 3.03. The first-order valence-electron chi connectivity index (χ1n) is 8.82. The molecule has 4 rings (SSSR count). The second-order valence-electron chi connectivity index (χ2n) is 6.16. The van der Waals surface area contributed by atoms with Crippen LogP contribution in [0.2, 0.25) is 0 Å². The van der Waals surface area contributed by atoms with Crippen LogP contribution in [0.25, 0.3) is 21.7 Å². The van der Waals surface area contributed by atoms with Crippen LogP contribution < -0.4 is 10.9 Å². The number of ether oxygens (including phenoxy) is 1. The largest absolute Gasteiger partial charge is 0.461 e. The molecule has 0 aliphatic heterocycles. The highest BCUT2D eigenvalue weighted by Crippen LogP contribution is 2.27. The van der Waals surface area contributed by atoms with E-state index in [2.05, 4.69) is 15.3 Å². The van der Waals surface area contributed by atoms with E-state index in [1.165, 1.54) is 6.07 Å². The molecule has 0 fully saturated rings. The predicted octanol–water partition coefficient (Wildman–Crippen LogP) is 3.28. The van der Waals surface area contributed by atoms with Gasteiger partial charge in [0.2, 0.25) is 5.95 Å². The zero-order valence-corrected chi connectivity index (χ0v) is 14.9. The first-order valence-corrected chi connectivity index (χ1v) is 8.82. The monoisotopic (exact) mass is 375 g/mol. The summed E-state index contributed by atoms with van der Waals surface area (Å²) in [6, 6.07) is 14.5. The zero-order chi connectivity index (χ0) is 19.3. The first-order chi connectivity index (χ1) is 13.7. The second-order valence-corrected chi connectivity index (χ2v) is 6.16. The number of fused-ring (bicyclic) bond motifs is 3. The number of carbonyl (C=O) groups is 1. The van der Waals surface area contributed by atoms with Crippen LogP contribution in [0.15, 0.2) is 70.1 Å². The summed E-state index contributed by atoms with van der Waals surface area (Å²) >= 11 is 0. The predicted molar refractivity (Wildman–Crippen MR) is 105 cm³/mol. The molecule has 7 heteroatoms. The maximum absolute atomic E-state index is 12.1. The topological polar surface area (TPSA) is 94.3 Å². The van der Waals surface area contributed by atoms with E-state index in [4.69, 9.17) is 9.15 Å². The van der Waals surface area contributed by atoms with E-state index in [9.17, 15) is 9.59 Å². The maximum Gasteiger partial charge on any atom is 0.336 e. The van der Waals surface area contributed by atoms with Crippen molar-refractivity contribution in [3.63, 3.8) is 0 Å². The molecule has 28 heavy (non-hydrogen) atoms. The van der Waals surface area contributed by atoms with Crippen LogP contribution in [-0.4, -0.2) is 22.5 Å². The van der Waals surface area contributed by atoms with Gasteiger partial charge in [0.05, 0.1) is 6.42 Å². The van der Waals surface area contributed by atoms with E-state index in [1.807, 2.05) is 30.3 Å². The Labute approximate surface area is 160 Å². The summed E-state index contributed by atoms with van der Waals surface area (Å²) in [6.45, 7) is 0.347. The van der Waals surface area contributed by atoms with E-state index >= 15 is 0 Å². The normalized spacial score (nSPS) is 10.9. The molecule has 0 saturated carbocycles. The highest BCUT2D eigenvalue weighted by atomic mass is 16.5. The van der Waals surface area contributed by atoms with Gasteiger partial charge < -0.3 is 14.5 Å². The number of anilines is 1. The van der Waals surface area contributed by atoms with Crippen LogP contribution >= 0.6 is 0 Å². The summed E-state index contributed by atoms with van der Waals surface area (Å²) in [5, 5.41) is 5.69. The van der Waals surface area contributed by atoms with E-state index in [-0.39, 0.29) is 19.0 Å². The van der Waals surface area contributed by atoms with Gasteiger partial charge in [0, 0.05) is 36.0 Å². The number of hydrogen-bond acceptors (Lipinski definition) is 7. The molecule has 0 amide bonds. The molecule has 4 aromatic rings. The molecule has 140 valence electrons. The molecule has 7 nitrogen and oxygen atoms in total. The van der Waals surface area contributed by atoms with Gasteiger partial charge in [-0.3, -0.25) is 4.79 Å². The molecule has 1 N–H and O–H groups in total. The number of carbonyl (C=O) groups excluding carboxylic acids is 1. The highest BCUT2D eigenvalue weighted by Gasteiger charge is 2.12. The minimum absolute atomic E-state index is 0.00320. The van der Waals surface area contributed by atoms with Crippen LogP contribution in [0.4, 0.5) is 5.95 Å². The standard InChI is InChI=1S/C21H17N3O4/c25-18(8-11-24-21-22-9-3-10-23-21)27-13-15-12-19(26)28-17-7-6-14-4-1-2-5-16(14)20(15)17/h1-7,9-10,12H,8,11,13H2,(H,22,23,24). The van der Waals surface area contributed by atoms with Gasteiger partial charge in [-0.15, -0.1) is 0 Å². The molecule has 0 atom stereocenters. The lowest BCUT2D eigenvalue weighted by atomic mass is 10.0. The molecule has 0 spiro atoms. The van der Waals surface area contributed by atoms with Crippen molar-refractivity contribution < 1.29 is 13.9 Å². The van der Waals surface area contributed by atoms with Crippen molar-refractivity contribution in [2.75, 3.05) is 11.9 Å². The fraction of sp³-hybridized carbons (Fsp3) is 0.143. The van der Waals surface area contributed by atoms with Crippen LogP contribution in [0.1, 0.15) is 12.0 Å². The van der Waals surface area contributed by atoms with E-state index in [0.717, 1.165) is 16.2 Å². The lowest BCUT2D eigenvalue weighted by Gasteiger charge is -2.10. The number of aromatic nitrogens is 2. The first kappa shape index (κ1) is 17.7. The summed E-state index contributed by atoms with van der Waals surface area (Å²) in [6.07, 6.45) is 3.38. The van der Waals surface area contributed by atoms with Crippen molar-refractivity contribution in [1.82, 2.24) is 9.97 Å². The summed E-state index contributed by atoms with van der Waals surface area (Å²) < 4.78 is 10.7. The molecule has 2 heterocycles. The van der Waals surface area contributed by atoms with Crippen molar-refractivity contribution >= 4 is 33.7 Å². The SMILES string of the molecule is O=C(CCNc1ncccn1)OCc1cc(=O)oc2ccc3ccccc3c12. The molecule has 0 aliphatic rings. The molecular weight excluding hydrogens is 358 g/mol. The molecule has 0 bridgehead atoms. The number of nitrogens with zero attached hydrogens (tertiary/aromatic N) is 2. The number of benzene rings is 2. The Kier molecular flexibility index (Phi) is 4.97. The van der Waals surface area contributed by atoms with E-state index < -0.39 is 5.63 Å². The van der Waals surface area contributed by atoms with Gasteiger partial charge in [-0.2, -0.15) is 0 Å². The Balaban J connectivity index is 1.49. The van der Waals surface area contributed by atoms with Crippen LogP contribution in [0.3, 0.4) is 0 Å². The molecule has 2 aromatic heterocycles. The second kappa shape index (κ2) is 7.87. The number of hydrogen-bond donors (Lipinski definition) is 1. The van der Waals surface area contributed by atoms with Crippen molar-refractivity contribution in [3.8, 4) is 0 Å². The molecular formula is C21H17N3O4. The minimum atomic E-state index is -0.475. The summed E-state index contributed by atoms with van der Waals surface area (Å²) in [7, 11) is 0. The van der Waals surface area contributed by atoms with Gasteiger partial charge in [0.25, 0.3) is 0 Å². The van der Waals surface area contributed by atoms with Crippen molar-refractivity contribution in [1.29, 1.82) is 0 Å². The van der Waals surface area contributed by atoms with Gasteiger partial charge >= 0.3 is 11.6 Å². The summed E-state index contributed by atoms with van der Waals surface area (Å²) in [4.78, 5) is 32.0. The van der Waals surface area contributed by atoms with Crippen LogP contribution in [-0.2, 0) is 16.1 Å².